The molecule has 1 fully saturated rings. The predicted molar refractivity (Wildman–Crippen MR) is 92.7 cm³/mol. The summed E-state index contributed by atoms with van der Waals surface area (Å²) >= 11 is 0. The number of piperidine rings is 1. The van der Waals surface area contributed by atoms with Crippen LogP contribution in [0, 0.1) is 10.1 Å². The summed E-state index contributed by atoms with van der Waals surface area (Å²) in [4.78, 5) is 40.2. The normalized spacial score (nSPS) is 18.3. The second-order valence-corrected chi connectivity index (χ2v) is 5.72. The Morgan fingerprint density at radius 3 is 2.46 bits per heavy atom. The van der Waals surface area contributed by atoms with Gasteiger partial charge in [-0.15, -0.1) is 17.0 Å². The third kappa shape index (κ3) is 3.71. The molecule has 0 amide bonds. The molecule has 1 aromatic heterocycles. The van der Waals surface area contributed by atoms with Crippen LogP contribution in [0.5, 0.6) is 0 Å². The van der Waals surface area contributed by atoms with Crippen LogP contribution in [0.2, 0.25) is 0 Å². The molecule has 1 unspecified atom stereocenters. The van der Waals surface area contributed by atoms with E-state index in [2.05, 4.69) is 9.97 Å². The molecule has 1 aliphatic heterocycles. The number of benzene rings is 1. The first-order valence-electron chi connectivity index (χ1n) is 7.28. The largest absolute Gasteiger partial charge is 0.392 e. The Balaban J connectivity index is 0.00000208. The van der Waals surface area contributed by atoms with Crippen molar-refractivity contribution in [3.8, 4) is 0 Å². The molecule has 3 N–H and O–H groups in total. The number of nitro groups is 1. The zero-order valence-corrected chi connectivity index (χ0v) is 14.4. The van der Waals surface area contributed by atoms with Gasteiger partial charge in [0.05, 0.1) is 22.1 Å². The monoisotopic (exact) mass is 400 g/mol. The molecule has 0 bridgehead atoms. The number of fused-ring (bicyclic) bond motifs is 1. The molecule has 0 aliphatic carbocycles. The Morgan fingerprint density at radius 1 is 1.25 bits per heavy atom. The van der Waals surface area contributed by atoms with Gasteiger partial charge in [0.2, 0.25) is 0 Å². The van der Waals surface area contributed by atoms with Crippen molar-refractivity contribution < 1.29 is 10.0 Å². The van der Waals surface area contributed by atoms with E-state index in [1.54, 1.807) is 0 Å². The third-order valence-electron chi connectivity index (χ3n) is 3.99. The summed E-state index contributed by atoms with van der Waals surface area (Å²) in [6, 6.07) is 2.76. The Labute approximate surface area is 146 Å². The molecule has 24 heavy (non-hydrogen) atoms. The first-order valence-corrected chi connectivity index (χ1v) is 7.28. The Bertz CT molecular complexity index is 878. The van der Waals surface area contributed by atoms with Gasteiger partial charge < -0.3 is 15.1 Å². The van der Waals surface area contributed by atoms with Gasteiger partial charge in [0.25, 0.3) is 5.69 Å². The molecule has 0 radical (unpaired) electrons. The maximum Gasteiger partial charge on any atom is 0.314 e. The van der Waals surface area contributed by atoms with Crippen LogP contribution in [0.25, 0.3) is 11.0 Å². The highest BCUT2D eigenvalue weighted by Crippen LogP contribution is 2.25. The van der Waals surface area contributed by atoms with Crippen molar-refractivity contribution in [1.29, 1.82) is 0 Å². The van der Waals surface area contributed by atoms with E-state index >= 15 is 0 Å². The lowest BCUT2D eigenvalue weighted by molar-refractivity contribution is -0.385. The fourth-order valence-electron chi connectivity index (χ4n) is 2.91. The van der Waals surface area contributed by atoms with Gasteiger partial charge in [0.15, 0.2) is 0 Å². The van der Waals surface area contributed by atoms with Crippen molar-refractivity contribution in [2.75, 3.05) is 13.1 Å². The number of nitro benzene ring substituents is 1. The molecule has 2 heterocycles. The van der Waals surface area contributed by atoms with E-state index in [1.807, 2.05) is 4.90 Å². The van der Waals surface area contributed by atoms with Gasteiger partial charge in [-0.2, -0.15) is 0 Å². The van der Waals surface area contributed by atoms with Crippen LogP contribution in [0.3, 0.4) is 0 Å². The molecule has 1 aliphatic rings. The molecular formula is C14H17BrN4O5. The molecule has 1 aromatic carbocycles. The van der Waals surface area contributed by atoms with E-state index in [-0.39, 0.29) is 28.2 Å². The number of hydrogen-bond acceptors (Lipinski definition) is 6. The predicted octanol–water partition coefficient (Wildman–Crippen LogP) is 0.659. The number of hydrogen-bond donors (Lipinski definition) is 3. The van der Waals surface area contributed by atoms with Gasteiger partial charge in [-0.1, -0.05) is 0 Å². The SMILES string of the molecule is Br.O=c1[nH]c2cc(CN3CCCC(O)C3)c([N+](=O)[O-])cc2[nH]c1=O. The Morgan fingerprint density at radius 2 is 1.88 bits per heavy atom. The fraction of sp³-hybridized carbons (Fsp3) is 0.429. The van der Waals surface area contributed by atoms with Crippen LogP contribution in [0.4, 0.5) is 5.69 Å². The van der Waals surface area contributed by atoms with E-state index in [4.69, 9.17) is 0 Å². The minimum absolute atomic E-state index is 0. The minimum atomic E-state index is -0.848. The minimum Gasteiger partial charge on any atom is -0.392 e. The molecular weight excluding hydrogens is 384 g/mol. The van der Waals surface area contributed by atoms with Crippen molar-refractivity contribution in [2.24, 2.45) is 0 Å². The lowest BCUT2D eigenvalue weighted by atomic mass is 10.1. The van der Waals surface area contributed by atoms with Gasteiger partial charge in [-0.05, 0) is 25.5 Å². The number of likely N-dealkylation sites (tertiary alicyclic amines) is 1. The lowest BCUT2D eigenvalue weighted by Crippen LogP contribution is -2.37. The van der Waals surface area contributed by atoms with Crippen LogP contribution >= 0.6 is 17.0 Å². The Hall–Kier alpha value is -2.04. The third-order valence-corrected chi connectivity index (χ3v) is 3.99. The van der Waals surface area contributed by atoms with Crippen molar-refractivity contribution in [3.63, 3.8) is 0 Å². The summed E-state index contributed by atoms with van der Waals surface area (Å²) < 4.78 is 0. The van der Waals surface area contributed by atoms with E-state index in [1.165, 1.54) is 12.1 Å². The lowest BCUT2D eigenvalue weighted by Gasteiger charge is -2.29. The summed E-state index contributed by atoms with van der Waals surface area (Å²) in [6.45, 7) is 1.50. The summed E-state index contributed by atoms with van der Waals surface area (Å²) in [5.74, 6) is 0. The number of rotatable bonds is 3. The number of β-amino-alcohol motifs (C(OH)–C–C–N with tert-alkyl or cyclic N) is 1. The number of halogens is 1. The van der Waals surface area contributed by atoms with E-state index in [0.717, 1.165) is 19.4 Å². The van der Waals surface area contributed by atoms with Crippen LogP contribution < -0.4 is 11.1 Å². The van der Waals surface area contributed by atoms with Crippen LogP contribution in [0.1, 0.15) is 18.4 Å². The first kappa shape index (κ1) is 18.3. The number of aliphatic hydroxyl groups excluding tert-OH is 1. The van der Waals surface area contributed by atoms with E-state index in [9.17, 15) is 24.8 Å². The number of nitrogens with zero attached hydrogens (tertiary/aromatic N) is 2. The topological polar surface area (TPSA) is 132 Å². The average Bonchev–Trinajstić information content (AvgIpc) is 2.48. The van der Waals surface area contributed by atoms with Gasteiger partial charge in [0.1, 0.15) is 0 Å². The maximum atomic E-state index is 11.4. The number of H-pyrrole nitrogens is 2. The average molecular weight is 401 g/mol. The van der Waals surface area contributed by atoms with E-state index in [0.29, 0.717) is 24.2 Å². The molecule has 130 valence electrons. The number of aliphatic hydroxyl groups is 1. The quantitative estimate of drug-likeness (QED) is 0.393. The van der Waals surface area contributed by atoms with Crippen LogP contribution in [-0.2, 0) is 6.54 Å². The molecule has 1 atom stereocenters. The van der Waals surface area contributed by atoms with Crippen molar-refractivity contribution in [1.82, 2.24) is 14.9 Å². The summed E-state index contributed by atoms with van der Waals surface area (Å²) in [5.41, 5.74) is -0.791. The molecule has 9 nitrogen and oxygen atoms in total. The molecule has 0 spiro atoms. The fourth-order valence-corrected chi connectivity index (χ4v) is 2.91. The van der Waals surface area contributed by atoms with Crippen molar-refractivity contribution in [2.45, 2.75) is 25.5 Å². The van der Waals surface area contributed by atoms with Gasteiger partial charge in [-0.25, -0.2) is 0 Å². The number of nitrogens with one attached hydrogen (secondary N) is 2. The zero-order valence-electron chi connectivity index (χ0n) is 12.7. The van der Waals surface area contributed by atoms with Crippen LogP contribution in [-0.4, -0.2) is 44.1 Å². The smallest absolute Gasteiger partial charge is 0.314 e. The number of aromatic amines is 2. The number of aromatic nitrogens is 2. The Kier molecular flexibility index (Phi) is 5.52. The standard InChI is InChI=1S/C14H16N4O5.BrH/c19-9-2-1-3-17(7-9)6-8-4-10-11(5-12(8)18(22)23)16-14(21)13(20)15-10;/h4-5,9,19H,1-3,6-7H2,(H,15,20)(H,16,21);1H. The van der Waals surface area contributed by atoms with Gasteiger partial charge in [-0.3, -0.25) is 24.6 Å². The van der Waals surface area contributed by atoms with Gasteiger partial charge >= 0.3 is 11.1 Å². The van der Waals surface area contributed by atoms with Crippen molar-refractivity contribution in [3.05, 3.63) is 48.5 Å². The second-order valence-electron chi connectivity index (χ2n) is 5.72. The summed E-state index contributed by atoms with van der Waals surface area (Å²) in [7, 11) is 0. The first-order chi connectivity index (χ1) is 10.9. The highest BCUT2D eigenvalue weighted by atomic mass is 79.9. The highest BCUT2D eigenvalue weighted by Gasteiger charge is 2.22. The molecule has 10 heteroatoms. The van der Waals surface area contributed by atoms with Crippen molar-refractivity contribution >= 4 is 33.7 Å². The molecule has 0 saturated carbocycles. The van der Waals surface area contributed by atoms with E-state index < -0.39 is 22.1 Å². The highest BCUT2D eigenvalue weighted by molar-refractivity contribution is 8.93. The van der Waals surface area contributed by atoms with Gasteiger partial charge in [0, 0.05) is 24.7 Å². The summed E-state index contributed by atoms with van der Waals surface area (Å²) in [5, 5.41) is 21.0. The summed E-state index contributed by atoms with van der Waals surface area (Å²) in [6.07, 6.45) is 1.12. The maximum absolute atomic E-state index is 11.4. The second kappa shape index (κ2) is 7.24. The van der Waals surface area contributed by atoms with Crippen LogP contribution in [0.15, 0.2) is 21.7 Å². The molecule has 1 saturated heterocycles. The molecule has 3 rings (SSSR count). The molecule has 2 aromatic rings. The zero-order chi connectivity index (χ0) is 16.6.